The van der Waals surface area contributed by atoms with Crippen LogP contribution >= 0.6 is 0 Å². The number of para-hydroxylation sites is 2. The van der Waals surface area contributed by atoms with Crippen LogP contribution in [0.3, 0.4) is 0 Å². The minimum absolute atomic E-state index is 0.0503. The van der Waals surface area contributed by atoms with Gasteiger partial charge >= 0.3 is 5.97 Å². The van der Waals surface area contributed by atoms with E-state index in [0.717, 1.165) is 5.75 Å². The van der Waals surface area contributed by atoms with E-state index in [4.69, 9.17) is 14.2 Å². The van der Waals surface area contributed by atoms with Crippen LogP contribution in [0.25, 0.3) is 0 Å². The average Bonchev–Trinajstić information content (AvgIpc) is 2.89. The minimum Gasteiger partial charge on any atom is -0.490 e. The summed E-state index contributed by atoms with van der Waals surface area (Å²) < 4.78 is 16.1. The van der Waals surface area contributed by atoms with E-state index in [1.54, 1.807) is 0 Å². The van der Waals surface area contributed by atoms with Gasteiger partial charge in [0, 0.05) is 13.0 Å². The largest absolute Gasteiger partial charge is 0.490 e. The zero-order chi connectivity index (χ0) is 13.7. The van der Waals surface area contributed by atoms with Gasteiger partial charge in [0.2, 0.25) is 0 Å². The predicted molar refractivity (Wildman–Crippen MR) is 70.5 cm³/mol. The molecule has 1 aromatic rings. The van der Waals surface area contributed by atoms with Crippen molar-refractivity contribution in [3.63, 3.8) is 0 Å². The summed E-state index contributed by atoms with van der Waals surface area (Å²) in [5.74, 6) is 1.19. The van der Waals surface area contributed by atoms with Crippen LogP contribution in [0, 0.1) is 0 Å². The molecule has 1 heterocycles. The Labute approximate surface area is 112 Å². The van der Waals surface area contributed by atoms with Crippen molar-refractivity contribution in [3.8, 4) is 11.5 Å². The summed E-state index contributed by atoms with van der Waals surface area (Å²) in [7, 11) is 1.39. The fourth-order valence-electron chi connectivity index (χ4n) is 2.12. The molecule has 1 N–H and O–H groups in total. The third kappa shape index (κ3) is 3.38. The lowest BCUT2D eigenvalue weighted by molar-refractivity contribution is -0.142. The van der Waals surface area contributed by atoms with E-state index in [1.165, 1.54) is 7.11 Å². The van der Waals surface area contributed by atoms with E-state index in [-0.39, 0.29) is 18.1 Å². The number of carbonyl (C=O) groups excluding carboxylic acids is 1. The van der Waals surface area contributed by atoms with Crippen LogP contribution in [-0.4, -0.2) is 38.4 Å². The highest BCUT2D eigenvalue weighted by molar-refractivity contribution is 5.76. The first-order chi connectivity index (χ1) is 9.24. The Kier molecular flexibility index (Phi) is 4.63. The number of carbonyl (C=O) groups is 1. The second kappa shape index (κ2) is 6.43. The molecule has 5 nitrogen and oxygen atoms in total. The molecule has 5 heteroatoms. The highest BCUT2D eigenvalue weighted by atomic mass is 16.5. The van der Waals surface area contributed by atoms with E-state index in [2.05, 4.69) is 5.32 Å². The third-order valence-corrected chi connectivity index (χ3v) is 3.02. The Bertz CT molecular complexity index is 435. The van der Waals surface area contributed by atoms with Gasteiger partial charge in [0.15, 0.2) is 11.5 Å². The van der Waals surface area contributed by atoms with Crippen LogP contribution in [0.2, 0.25) is 0 Å². The lowest BCUT2D eigenvalue weighted by Crippen LogP contribution is -2.31. The maximum absolute atomic E-state index is 11.4. The Morgan fingerprint density at radius 2 is 2.11 bits per heavy atom. The van der Waals surface area contributed by atoms with Gasteiger partial charge in [-0.1, -0.05) is 12.1 Å². The van der Waals surface area contributed by atoms with Crippen molar-refractivity contribution in [3.05, 3.63) is 24.3 Å². The van der Waals surface area contributed by atoms with Crippen molar-refractivity contribution in [1.82, 2.24) is 5.32 Å². The Morgan fingerprint density at radius 1 is 1.37 bits per heavy atom. The number of rotatable bonds is 5. The maximum atomic E-state index is 11.4. The molecule has 0 bridgehead atoms. The molecule has 104 valence electrons. The van der Waals surface area contributed by atoms with Gasteiger partial charge in [-0.25, -0.2) is 0 Å². The van der Waals surface area contributed by atoms with Gasteiger partial charge in [0.05, 0.1) is 13.7 Å². The SMILES string of the molecule is CCOc1ccccc1O[C@@H]1CN[C@H](C(=O)OC)C1. The number of benzene rings is 1. The first kappa shape index (κ1) is 13.7. The number of hydrogen-bond donors (Lipinski definition) is 1. The first-order valence-corrected chi connectivity index (χ1v) is 6.44. The maximum Gasteiger partial charge on any atom is 0.323 e. The van der Waals surface area contributed by atoms with E-state index in [9.17, 15) is 4.79 Å². The number of methoxy groups -OCH3 is 1. The normalized spacial score (nSPS) is 22.0. The van der Waals surface area contributed by atoms with E-state index < -0.39 is 0 Å². The topological polar surface area (TPSA) is 56.8 Å². The van der Waals surface area contributed by atoms with Crippen molar-refractivity contribution in [2.45, 2.75) is 25.5 Å². The van der Waals surface area contributed by atoms with Crippen molar-refractivity contribution >= 4 is 5.97 Å². The first-order valence-electron chi connectivity index (χ1n) is 6.44. The summed E-state index contributed by atoms with van der Waals surface area (Å²) in [6.45, 7) is 3.15. The molecule has 1 saturated heterocycles. The number of ether oxygens (including phenoxy) is 3. The van der Waals surface area contributed by atoms with Gasteiger partial charge in [-0.15, -0.1) is 0 Å². The van der Waals surface area contributed by atoms with Crippen LogP contribution in [0.5, 0.6) is 11.5 Å². The molecule has 0 unspecified atom stereocenters. The van der Waals surface area contributed by atoms with Crippen LogP contribution in [0.1, 0.15) is 13.3 Å². The Hall–Kier alpha value is -1.75. The zero-order valence-electron chi connectivity index (χ0n) is 11.2. The molecule has 2 rings (SSSR count). The quantitative estimate of drug-likeness (QED) is 0.815. The molecule has 0 aliphatic carbocycles. The molecule has 1 aromatic carbocycles. The highest BCUT2D eigenvalue weighted by Crippen LogP contribution is 2.28. The summed E-state index contributed by atoms with van der Waals surface area (Å²) >= 11 is 0. The summed E-state index contributed by atoms with van der Waals surface area (Å²) in [5, 5.41) is 3.09. The predicted octanol–water partition coefficient (Wildman–Crippen LogP) is 1.37. The van der Waals surface area contributed by atoms with Crippen LogP contribution in [0.15, 0.2) is 24.3 Å². The molecule has 0 aromatic heterocycles. The zero-order valence-corrected chi connectivity index (χ0v) is 11.2. The lowest BCUT2D eigenvalue weighted by Gasteiger charge is -2.16. The molecular weight excluding hydrogens is 246 g/mol. The molecule has 1 aliphatic rings. The second-order valence-electron chi connectivity index (χ2n) is 4.34. The summed E-state index contributed by atoms with van der Waals surface area (Å²) in [5.41, 5.74) is 0. The molecule has 2 atom stereocenters. The molecular formula is C14H19NO4. The van der Waals surface area contributed by atoms with Crippen molar-refractivity contribution in [1.29, 1.82) is 0 Å². The molecule has 0 amide bonds. The monoisotopic (exact) mass is 265 g/mol. The van der Waals surface area contributed by atoms with Gasteiger partial charge in [-0.3, -0.25) is 4.79 Å². The standard InChI is InChI=1S/C14H19NO4/c1-3-18-12-6-4-5-7-13(12)19-10-8-11(15-9-10)14(16)17-2/h4-7,10-11,15H,3,8-9H2,1-2H3/t10-,11-/m0/s1. The number of esters is 1. The van der Waals surface area contributed by atoms with Gasteiger partial charge < -0.3 is 19.5 Å². The molecule has 1 aliphatic heterocycles. The third-order valence-electron chi connectivity index (χ3n) is 3.02. The van der Waals surface area contributed by atoms with Gasteiger partial charge in [0.25, 0.3) is 0 Å². The van der Waals surface area contributed by atoms with E-state index in [0.29, 0.717) is 25.3 Å². The molecule has 0 spiro atoms. The minimum atomic E-state index is -0.283. The second-order valence-corrected chi connectivity index (χ2v) is 4.34. The van der Waals surface area contributed by atoms with Crippen LogP contribution in [0.4, 0.5) is 0 Å². The fourth-order valence-corrected chi connectivity index (χ4v) is 2.12. The van der Waals surface area contributed by atoms with Gasteiger partial charge in [-0.05, 0) is 19.1 Å². The molecule has 1 fully saturated rings. The molecule has 0 saturated carbocycles. The van der Waals surface area contributed by atoms with E-state index >= 15 is 0 Å². The Balaban J connectivity index is 1.97. The summed E-state index contributed by atoms with van der Waals surface area (Å²) in [6, 6.07) is 7.27. The van der Waals surface area contributed by atoms with Crippen LogP contribution in [-0.2, 0) is 9.53 Å². The Morgan fingerprint density at radius 3 is 2.79 bits per heavy atom. The number of nitrogens with one attached hydrogen (secondary N) is 1. The highest BCUT2D eigenvalue weighted by Gasteiger charge is 2.31. The lowest BCUT2D eigenvalue weighted by atomic mass is 10.2. The average molecular weight is 265 g/mol. The van der Waals surface area contributed by atoms with E-state index in [1.807, 2.05) is 31.2 Å². The molecule has 19 heavy (non-hydrogen) atoms. The van der Waals surface area contributed by atoms with Gasteiger partial charge in [0.1, 0.15) is 12.1 Å². The van der Waals surface area contributed by atoms with Crippen molar-refractivity contribution in [2.75, 3.05) is 20.3 Å². The fraction of sp³-hybridized carbons (Fsp3) is 0.500. The molecule has 0 radical (unpaired) electrons. The van der Waals surface area contributed by atoms with Crippen molar-refractivity contribution < 1.29 is 19.0 Å². The van der Waals surface area contributed by atoms with Crippen molar-refractivity contribution in [2.24, 2.45) is 0 Å². The summed E-state index contributed by atoms with van der Waals surface area (Å²) in [6.07, 6.45) is 0.554. The smallest absolute Gasteiger partial charge is 0.323 e. The van der Waals surface area contributed by atoms with Crippen LogP contribution < -0.4 is 14.8 Å². The van der Waals surface area contributed by atoms with Gasteiger partial charge in [-0.2, -0.15) is 0 Å². The number of hydrogen-bond acceptors (Lipinski definition) is 5. The summed E-state index contributed by atoms with van der Waals surface area (Å²) in [4.78, 5) is 11.4.